The van der Waals surface area contributed by atoms with Crippen LogP contribution in [0.15, 0.2) is 82.2 Å². The van der Waals surface area contributed by atoms with Gasteiger partial charge in [0.1, 0.15) is 22.1 Å². The van der Waals surface area contributed by atoms with E-state index in [4.69, 9.17) is 9.47 Å². The van der Waals surface area contributed by atoms with Crippen LogP contribution in [0.25, 0.3) is 0 Å². The topological polar surface area (TPSA) is 67.9 Å². The van der Waals surface area contributed by atoms with E-state index in [0.717, 1.165) is 16.0 Å². The second kappa shape index (κ2) is 9.42. The summed E-state index contributed by atoms with van der Waals surface area (Å²) in [5, 5.41) is 3.16. The summed E-state index contributed by atoms with van der Waals surface area (Å²) in [7, 11) is 3.11. The minimum Gasteiger partial charge on any atom is -0.497 e. The maximum atomic E-state index is 13.6. The summed E-state index contributed by atoms with van der Waals surface area (Å²) < 4.78 is 10.7. The van der Waals surface area contributed by atoms with E-state index in [0.29, 0.717) is 27.8 Å². The van der Waals surface area contributed by atoms with Gasteiger partial charge in [-0.05, 0) is 61.4 Å². The van der Waals surface area contributed by atoms with Crippen LogP contribution in [0.5, 0.6) is 11.5 Å². The third-order valence-electron chi connectivity index (χ3n) is 5.14. The van der Waals surface area contributed by atoms with Crippen molar-refractivity contribution in [2.24, 2.45) is 0 Å². The maximum Gasteiger partial charge on any atom is 0.283 e. The lowest BCUT2D eigenvalue weighted by Gasteiger charge is -2.17. The number of carbonyl (C=O) groups is 2. The lowest BCUT2D eigenvalue weighted by Crippen LogP contribution is -2.32. The highest BCUT2D eigenvalue weighted by Crippen LogP contribution is 2.39. The molecule has 7 heteroatoms. The van der Waals surface area contributed by atoms with Crippen molar-refractivity contribution in [3.05, 3.63) is 88.5 Å². The zero-order valence-electron chi connectivity index (χ0n) is 18.8. The van der Waals surface area contributed by atoms with Crippen molar-refractivity contribution in [3.63, 3.8) is 0 Å². The molecule has 1 aliphatic rings. The van der Waals surface area contributed by atoms with Crippen molar-refractivity contribution in [2.75, 3.05) is 24.4 Å². The summed E-state index contributed by atoms with van der Waals surface area (Å²) in [6.45, 7) is 3.88. The standard InChI is InChI=1S/C26H24N2O4S/c1-16-12-17(2)14-18(13-16)28-25(29)23(24(26(28)30)33-20-8-6-5-7-9-20)27-21-11-10-19(31-3)15-22(21)32-4/h5-15,27H,1-4H3. The van der Waals surface area contributed by atoms with Crippen molar-refractivity contribution < 1.29 is 19.1 Å². The van der Waals surface area contributed by atoms with Gasteiger partial charge >= 0.3 is 0 Å². The van der Waals surface area contributed by atoms with E-state index in [9.17, 15) is 9.59 Å². The molecule has 0 radical (unpaired) electrons. The Bertz CT molecular complexity index is 1230. The number of amides is 2. The first kappa shape index (κ1) is 22.5. The van der Waals surface area contributed by atoms with E-state index in [1.165, 1.54) is 23.8 Å². The lowest BCUT2D eigenvalue weighted by molar-refractivity contribution is -0.120. The maximum absolute atomic E-state index is 13.6. The third kappa shape index (κ3) is 4.59. The number of anilines is 2. The Morgan fingerprint density at radius 3 is 2.15 bits per heavy atom. The molecule has 6 nitrogen and oxygen atoms in total. The molecule has 2 amide bonds. The van der Waals surface area contributed by atoms with Crippen molar-refractivity contribution in [2.45, 2.75) is 18.7 Å². The van der Waals surface area contributed by atoms with E-state index in [2.05, 4.69) is 5.32 Å². The number of methoxy groups -OCH3 is 2. The molecule has 0 bridgehead atoms. The lowest BCUT2D eigenvalue weighted by atomic mass is 10.1. The van der Waals surface area contributed by atoms with Crippen LogP contribution in [-0.2, 0) is 9.59 Å². The summed E-state index contributed by atoms with van der Waals surface area (Å²) in [4.78, 5) is 29.5. The molecule has 33 heavy (non-hydrogen) atoms. The molecule has 0 unspecified atom stereocenters. The Balaban J connectivity index is 1.78. The molecule has 0 atom stereocenters. The van der Waals surface area contributed by atoms with Crippen molar-refractivity contribution >= 4 is 35.0 Å². The molecule has 0 fully saturated rings. The fourth-order valence-corrected chi connectivity index (χ4v) is 4.62. The monoisotopic (exact) mass is 460 g/mol. The number of carbonyl (C=O) groups excluding carboxylic acids is 2. The number of thioether (sulfide) groups is 1. The van der Waals surface area contributed by atoms with Gasteiger partial charge in [-0.1, -0.05) is 36.0 Å². The molecule has 0 aliphatic carbocycles. The van der Waals surface area contributed by atoms with Crippen LogP contribution in [0.1, 0.15) is 11.1 Å². The molecule has 3 aromatic carbocycles. The third-order valence-corrected chi connectivity index (χ3v) is 6.23. The predicted octanol–water partition coefficient (Wildman–Crippen LogP) is 5.31. The van der Waals surface area contributed by atoms with Crippen LogP contribution in [0.4, 0.5) is 11.4 Å². The Kier molecular flexibility index (Phi) is 6.42. The molecular weight excluding hydrogens is 436 g/mol. The van der Waals surface area contributed by atoms with Crippen LogP contribution >= 0.6 is 11.8 Å². The Morgan fingerprint density at radius 2 is 1.52 bits per heavy atom. The number of hydrogen-bond acceptors (Lipinski definition) is 6. The molecule has 3 aromatic rings. The van der Waals surface area contributed by atoms with Gasteiger partial charge in [-0.2, -0.15) is 0 Å². The van der Waals surface area contributed by atoms with Crippen LogP contribution in [-0.4, -0.2) is 26.0 Å². The molecule has 4 rings (SSSR count). The normalized spacial score (nSPS) is 13.5. The average molecular weight is 461 g/mol. The van der Waals surface area contributed by atoms with Crippen LogP contribution in [0.2, 0.25) is 0 Å². The van der Waals surface area contributed by atoms with Gasteiger partial charge in [0, 0.05) is 11.0 Å². The summed E-state index contributed by atoms with van der Waals surface area (Å²) in [5.74, 6) is 0.335. The number of imide groups is 1. The molecule has 0 spiro atoms. The van der Waals surface area contributed by atoms with Crippen LogP contribution in [0.3, 0.4) is 0 Å². The van der Waals surface area contributed by atoms with Crippen molar-refractivity contribution in [3.8, 4) is 11.5 Å². The van der Waals surface area contributed by atoms with E-state index in [1.807, 2.05) is 62.4 Å². The number of benzene rings is 3. The highest BCUT2D eigenvalue weighted by atomic mass is 32.2. The summed E-state index contributed by atoms with van der Waals surface area (Å²) in [6.07, 6.45) is 0. The number of nitrogens with zero attached hydrogens (tertiary/aromatic N) is 1. The molecule has 168 valence electrons. The second-order valence-corrected chi connectivity index (χ2v) is 8.69. The van der Waals surface area contributed by atoms with Gasteiger partial charge in [0.2, 0.25) is 0 Å². The van der Waals surface area contributed by atoms with Gasteiger partial charge in [-0.3, -0.25) is 9.59 Å². The highest BCUT2D eigenvalue weighted by molar-refractivity contribution is 8.04. The quantitative estimate of drug-likeness (QED) is 0.482. The zero-order chi connectivity index (χ0) is 23.5. The van der Waals surface area contributed by atoms with Gasteiger partial charge in [0.05, 0.1) is 25.6 Å². The summed E-state index contributed by atoms with van der Waals surface area (Å²) in [5.41, 5.74) is 3.26. The van der Waals surface area contributed by atoms with E-state index in [1.54, 1.807) is 25.3 Å². The van der Waals surface area contributed by atoms with Gasteiger partial charge in [0.15, 0.2) is 0 Å². The van der Waals surface area contributed by atoms with Gasteiger partial charge in [0.25, 0.3) is 11.8 Å². The number of rotatable bonds is 7. The molecule has 0 aromatic heterocycles. The Hall–Kier alpha value is -3.71. The van der Waals surface area contributed by atoms with Gasteiger partial charge in [-0.15, -0.1) is 0 Å². The Labute approximate surface area is 197 Å². The van der Waals surface area contributed by atoms with Gasteiger partial charge < -0.3 is 14.8 Å². The van der Waals surface area contributed by atoms with E-state index in [-0.39, 0.29) is 11.6 Å². The Morgan fingerprint density at radius 1 is 0.818 bits per heavy atom. The first-order valence-electron chi connectivity index (χ1n) is 10.3. The molecular formula is C26H24N2O4S. The van der Waals surface area contributed by atoms with Crippen LogP contribution < -0.4 is 19.7 Å². The molecule has 0 saturated carbocycles. The first-order valence-corrected chi connectivity index (χ1v) is 11.2. The fourth-order valence-electron chi connectivity index (χ4n) is 3.67. The molecule has 1 heterocycles. The number of nitrogens with one attached hydrogen (secondary N) is 1. The molecule has 0 saturated heterocycles. The minimum atomic E-state index is -0.415. The van der Waals surface area contributed by atoms with E-state index >= 15 is 0 Å². The number of ether oxygens (including phenoxy) is 2. The number of aryl methyl sites for hydroxylation is 2. The largest absolute Gasteiger partial charge is 0.497 e. The second-order valence-electron chi connectivity index (χ2n) is 7.60. The predicted molar refractivity (Wildman–Crippen MR) is 131 cm³/mol. The van der Waals surface area contributed by atoms with Crippen molar-refractivity contribution in [1.29, 1.82) is 0 Å². The SMILES string of the molecule is COc1ccc(NC2=C(Sc3ccccc3)C(=O)N(c3cc(C)cc(C)c3)C2=O)c(OC)c1. The summed E-state index contributed by atoms with van der Waals surface area (Å²) in [6, 6.07) is 20.4. The fraction of sp³-hybridized carbons (Fsp3) is 0.154. The van der Waals surface area contributed by atoms with Crippen molar-refractivity contribution in [1.82, 2.24) is 0 Å². The average Bonchev–Trinajstić information content (AvgIpc) is 3.03. The van der Waals surface area contributed by atoms with Gasteiger partial charge in [-0.25, -0.2) is 4.90 Å². The van der Waals surface area contributed by atoms with E-state index < -0.39 is 5.91 Å². The molecule has 1 N–H and O–H groups in total. The minimum absolute atomic E-state index is 0.205. The van der Waals surface area contributed by atoms with Crippen LogP contribution in [0, 0.1) is 13.8 Å². The smallest absolute Gasteiger partial charge is 0.283 e. The number of hydrogen-bond donors (Lipinski definition) is 1. The summed E-state index contributed by atoms with van der Waals surface area (Å²) >= 11 is 1.26. The zero-order valence-corrected chi connectivity index (χ0v) is 19.7. The highest BCUT2D eigenvalue weighted by Gasteiger charge is 2.40. The first-order chi connectivity index (χ1) is 15.9. The molecule has 1 aliphatic heterocycles.